The number of esters is 1. The molecule has 0 aliphatic heterocycles. The van der Waals surface area contributed by atoms with Gasteiger partial charge in [0.05, 0.1) is 24.4 Å². The molecule has 8 atom stereocenters. The van der Waals surface area contributed by atoms with Gasteiger partial charge in [0, 0.05) is 22.7 Å². The van der Waals surface area contributed by atoms with E-state index in [1.165, 1.54) is 30.5 Å². The highest BCUT2D eigenvalue weighted by molar-refractivity contribution is 8.09. The average molecular weight is 505 g/mol. The zero-order valence-electron chi connectivity index (χ0n) is 19.8. The largest absolute Gasteiger partial charge is 0.457 e. The van der Waals surface area contributed by atoms with Gasteiger partial charge in [-0.3, -0.25) is 9.59 Å². The third-order valence-electron chi connectivity index (χ3n) is 9.54. The van der Waals surface area contributed by atoms with Crippen molar-refractivity contribution in [3.63, 3.8) is 0 Å². The summed E-state index contributed by atoms with van der Waals surface area (Å²) >= 11 is -0.0144. The van der Waals surface area contributed by atoms with Gasteiger partial charge in [-0.25, -0.2) is 9.18 Å². The summed E-state index contributed by atoms with van der Waals surface area (Å²) in [5.41, 5.74) is -5.52. The molecule has 0 spiro atoms. The van der Waals surface area contributed by atoms with E-state index in [2.05, 4.69) is 0 Å². The number of ketones is 1. The van der Waals surface area contributed by atoms with E-state index in [-0.39, 0.29) is 30.0 Å². The zero-order chi connectivity index (χ0) is 25.4. The predicted octanol–water partition coefficient (Wildman–Crippen LogP) is 4.52. The van der Waals surface area contributed by atoms with E-state index in [9.17, 15) is 24.0 Å². The molecule has 3 saturated carbocycles. The summed E-state index contributed by atoms with van der Waals surface area (Å²) in [4.78, 5) is 38.4. The molecule has 0 bridgehead atoms. The Kier molecular flexibility index (Phi) is 5.51. The van der Waals surface area contributed by atoms with Crippen LogP contribution in [0.15, 0.2) is 46.6 Å². The molecule has 0 radical (unpaired) electrons. The van der Waals surface area contributed by atoms with Crippen molar-refractivity contribution in [1.82, 2.24) is 0 Å². The number of hydrogen-bond acceptors (Lipinski definition) is 8. The topological polar surface area (TPSA) is 114 Å². The molecule has 3 fully saturated rings. The van der Waals surface area contributed by atoms with Crippen LogP contribution in [0, 0.1) is 28.6 Å². The highest BCUT2D eigenvalue weighted by atomic mass is 32.2. The monoisotopic (exact) mass is 504 g/mol. The van der Waals surface area contributed by atoms with Gasteiger partial charge in [0.25, 0.3) is 5.12 Å². The third-order valence-corrected chi connectivity index (χ3v) is 10.0. The van der Waals surface area contributed by atoms with Gasteiger partial charge in [0.2, 0.25) is 5.76 Å². The summed E-state index contributed by atoms with van der Waals surface area (Å²) < 4.78 is 38.2. The second-order valence-electron chi connectivity index (χ2n) is 10.9. The number of allylic oxidation sites excluding steroid dienone is 4. The van der Waals surface area contributed by atoms with Gasteiger partial charge in [-0.15, -0.1) is 0 Å². The number of hydrogen-bond donors (Lipinski definition) is 2. The Hall–Kier alpha value is -2.23. The van der Waals surface area contributed by atoms with Crippen LogP contribution < -0.4 is 0 Å². The molecule has 7 nitrogen and oxygen atoms in total. The highest BCUT2D eigenvalue weighted by Gasteiger charge is 2.77. The fraction of sp³-hybridized carbons (Fsp3) is 0.577. The molecule has 4 aliphatic rings. The summed E-state index contributed by atoms with van der Waals surface area (Å²) in [5, 5.41) is 10.7. The summed E-state index contributed by atoms with van der Waals surface area (Å²) in [6.45, 7) is 5.23. The van der Waals surface area contributed by atoms with Crippen LogP contribution in [0.5, 0.6) is 0 Å². The normalized spacial score (nSPS) is 44.2. The standard InChI is InChI=1S/C26H29FO7S/c1-14-11-18-17-7-6-15-12-16(28)8-9-23(15,2)25(17,27)20(29)13-24(18,3)26(14,22(31)35-32)34-21(30)19-5-4-10-33-19/h4-5,8-10,12,14,17-18,20,29,32H,6-7,11,13H2,1-3H3/t14-,17?,18?,20+,23+,24+,25+,26+/m1/s1. The first-order chi connectivity index (χ1) is 16.5. The molecule has 0 aromatic carbocycles. The van der Waals surface area contributed by atoms with E-state index in [0.717, 1.165) is 0 Å². The van der Waals surface area contributed by atoms with Crippen LogP contribution in [-0.4, -0.2) is 43.9 Å². The number of ether oxygens (including phenoxy) is 1. The van der Waals surface area contributed by atoms with Crippen molar-refractivity contribution in [2.75, 3.05) is 0 Å². The Bertz CT molecular complexity index is 1140. The van der Waals surface area contributed by atoms with Crippen LogP contribution >= 0.6 is 12.0 Å². The average Bonchev–Trinajstić information content (AvgIpc) is 3.42. The maximum Gasteiger partial charge on any atom is 0.375 e. The van der Waals surface area contributed by atoms with E-state index in [0.29, 0.717) is 24.8 Å². The number of halogens is 1. The lowest BCUT2D eigenvalue weighted by atomic mass is 9.45. The minimum atomic E-state index is -2.07. The van der Waals surface area contributed by atoms with Crippen molar-refractivity contribution in [1.29, 1.82) is 0 Å². The lowest BCUT2D eigenvalue weighted by molar-refractivity contribution is -0.216. The van der Waals surface area contributed by atoms with Gasteiger partial charge in [0.1, 0.15) is 0 Å². The van der Waals surface area contributed by atoms with E-state index < -0.39 is 57.0 Å². The van der Waals surface area contributed by atoms with Crippen LogP contribution in [0.1, 0.15) is 57.0 Å². The molecule has 188 valence electrons. The van der Waals surface area contributed by atoms with Crippen molar-refractivity contribution in [2.24, 2.45) is 28.6 Å². The summed E-state index contributed by atoms with van der Waals surface area (Å²) in [7, 11) is 0. The third kappa shape index (κ3) is 2.95. The number of furan rings is 1. The number of aliphatic hydroxyl groups is 1. The number of rotatable bonds is 3. The van der Waals surface area contributed by atoms with Crippen molar-refractivity contribution in [3.05, 3.63) is 48.0 Å². The van der Waals surface area contributed by atoms with Gasteiger partial charge in [-0.1, -0.05) is 25.5 Å². The minimum Gasteiger partial charge on any atom is -0.457 e. The summed E-state index contributed by atoms with van der Waals surface area (Å²) in [5.74, 6) is -2.76. The van der Waals surface area contributed by atoms with Crippen LogP contribution in [-0.2, 0) is 14.3 Å². The zero-order valence-corrected chi connectivity index (χ0v) is 20.6. The van der Waals surface area contributed by atoms with Gasteiger partial charge in [0.15, 0.2) is 17.1 Å². The van der Waals surface area contributed by atoms with Gasteiger partial charge in [-0.05, 0) is 62.8 Å². The molecule has 1 heterocycles. The van der Waals surface area contributed by atoms with Crippen LogP contribution in [0.2, 0.25) is 0 Å². The number of aliphatic hydroxyl groups excluding tert-OH is 1. The summed E-state index contributed by atoms with van der Waals surface area (Å²) in [6.07, 6.45) is 5.29. The van der Waals surface area contributed by atoms with E-state index in [1.54, 1.807) is 26.8 Å². The van der Waals surface area contributed by atoms with E-state index >= 15 is 4.39 Å². The van der Waals surface area contributed by atoms with Gasteiger partial charge >= 0.3 is 5.97 Å². The van der Waals surface area contributed by atoms with Crippen LogP contribution in [0.25, 0.3) is 0 Å². The fourth-order valence-corrected chi connectivity index (χ4v) is 8.50. The molecule has 1 aromatic heterocycles. The molecule has 4 aliphatic carbocycles. The molecular formula is C26H29FO7S. The molecule has 2 unspecified atom stereocenters. The first kappa shape index (κ1) is 24.5. The quantitative estimate of drug-likeness (QED) is 0.456. The Labute approximate surface area is 207 Å². The first-order valence-corrected chi connectivity index (χ1v) is 12.7. The smallest absolute Gasteiger partial charge is 0.375 e. The lowest BCUT2D eigenvalue weighted by Crippen LogP contribution is -2.69. The maximum atomic E-state index is 17.3. The molecule has 0 amide bonds. The molecule has 9 heteroatoms. The number of carbonyl (C=O) groups excluding carboxylic acids is 3. The highest BCUT2D eigenvalue weighted by Crippen LogP contribution is 2.71. The number of alkyl halides is 1. The van der Waals surface area contributed by atoms with Gasteiger partial charge < -0.3 is 18.8 Å². The van der Waals surface area contributed by atoms with E-state index in [1.807, 2.05) is 0 Å². The van der Waals surface area contributed by atoms with Crippen molar-refractivity contribution >= 4 is 28.9 Å². The van der Waals surface area contributed by atoms with Crippen molar-refractivity contribution in [3.8, 4) is 0 Å². The molecule has 0 saturated heterocycles. The first-order valence-electron chi connectivity index (χ1n) is 11.9. The molecule has 2 N–H and O–H groups in total. The molecule has 35 heavy (non-hydrogen) atoms. The lowest BCUT2D eigenvalue weighted by Gasteiger charge is -2.62. The van der Waals surface area contributed by atoms with Gasteiger partial charge in [-0.2, -0.15) is 0 Å². The van der Waals surface area contributed by atoms with Crippen molar-refractivity contribution < 1.29 is 37.6 Å². The number of fused-ring (bicyclic) bond motifs is 5. The second-order valence-corrected chi connectivity index (χ2v) is 11.4. The minimum absolute atomic E-state index is 0.0144. The maximum absolute atomic E-state index is 17.3. The Morgan fingerprint density at radius 3 is 2.69 bits per heavy atom. The van der Waals surface area contributed by atoms with E-state index in [4.69, 9.17) is 9.15 Å². The SMILES string of the molecule is C[C@@H]1CC2C3CCC4=CC(=O)C=C[C@]4(C)[C@@]3(F)[C@@H](O)C[C@]2(C)[C@@]1(OC(=O)c1ccco1)C(=O)SO. The molecule has 5 rings (SSSR count). The second kappa shape index (κ2) is 7.88. The summed E-state index contributed by atoms with van der Waals surface area (Å²) in [6, 6.07) is 2.94. The Balaban J connectivity index is 1.61. The Morgan fingerprint density at radius 2 is 2.03 bits per heavy atom. The predicted molar refractivity (Wildman–Crippen MR) is 125 cm³/mol. The van der Waals surface area contributed by atoms with Crippen molar-refractivity contribution in [2.45, 2.75) is 63.8 Å². The molecule has 1 aromatic rings. The fourth-order valence-electron chi connectivity index (χ4n) is 7.88. The van der Waals surface area contributed by atoms with Crippen LogP contribution in [0.4, 0.5) is 4.39 Å². The molecular weight excluding hydrogens is 475 g/mol. The Morgan fingerprint density at radius 1 is 1.29 bits per heavy atom. The number of carbonyl (C=O) groups is 3. The van der Waals surface area contributed by atoms with Crippen LogP contribution in [0.3, 0.4) is 0 Å².